The van der Waals surface area contributed by atoms with Crippen LogP contribution in [0.3, 0.4) is 0 Å². The quantitative estimate of drug-likeness (QED) is 0.248. The van der Waals surface area contributed by atoms with Crippen molar-refractivity contribution in [2.75, 3.05) is 19.5 Å². The molecular formula is C29H27BrN4O5. The number of carbonyl (C=O) groups is 1. The maximum absolute atomic E-state index is 12.6. The molecule has 39 heavy (non-hydrogen) atoms. The molecule has 0 bridgehead atoms. The van der Waals surface area contributed by atoms with Gasteiger partial charge in [-0.1, -0.05) is 42.5 Å². The van der Waals surface area contributed by atoms with Crippen molar-refractivity contribution in [1.82, 2.24) is 14.9 Å². The molecule has 1 atom stereocenters. The first-order valence-corrected chi connectivity index (χ1v) is 13.0. The minimum atomic E-state index is -1.18. The molecule has 0 radical (unpaired) electrons. The lowest BCUT2D eigenvalue weighted by Gasteiger charge is -2.27. The molecule has 0 spiro atoms. The van der Waals surface area contributed by atoms with E-state index in [2.05, 4.69) is 31.2 Å². The molecule has 5 rings (SSSR count). The van der Waals surface area contributed by atoms with E-state index in [1.54, 1.807) is 37.4 Å². The summed E-state index contributed by atoms with van der Waals surface area (Å²) in [4.78, 5) is 23.3. The Kier molecular flexibility index (Phi) is 7.51. The van der Waals surface area contributed by atoms with Crippen molar-refractivity contribution in [3.05, 3.63) is 99.7 Å². The van der Waals surface area contributed by atoms with Gasteiger partial charge in [-0.2, -0.15) is 4.98 Å². The van der Waals surface area contributed by atoms with Crippen LogP contribution in [0.5, 0.6) is 17.4 Å². The fourth-order valence-electron chi connectivity index (χ4n) is 4.37. The number of methoxy groups -OCH3 is 1. The Hall–Kier alpha value is -3.99. The Labute approximate surface area is 234 Å². The SMILES string of the molecule is COc1cc(C(=O)OCc2ccccc2)ccc1Nc1ncc(Br)c(Oc2cccc3c2C(C)(O)N(C)C3)n1. The summed E-state index contributed by atoms with van der Waals surface area (Å²) in [6.45, 7) is 2.52. The first kappa shape index (κ1) is 26.6. The van der Waals surface area contributed by atoms with Gasteiger partial charge in [-0.25, -0.2) is 9.78 Å². The van der Waals surface area contributed by atoms with E-state index >= 15 is 0 Å². The molecule has 0 aliphatic carbocycles. The number of hydrogen-bond donors (Lipinski definition) is 2. The van der Waals surface area contributed by atoms with E-state index in [0.29, 0.717) is 39.3 Å². The molecule has 0 saturated heterocycles. The number of nitrogens with zero attached hydrogens (tertiary/aromatic N) is 3. The molecular weight excluding hydrogens is 564 g/mol. The number of halogens is 1. The average molecular weight is 591 g/mol. The summed E-state index contributed by atoms with van der Waals surface area (Å²) in [6, 6.07) is 20.1. The summed E-state index contributed by atoms with van der Waals surface area (Å²) >= 11 is 3.45. The summed E-state index contributed by atoms with van der Waals surface area (Å²) in [7, 11) is 3.36. The molecule has 200 valence electrons. The first-order valence-electron chi connectivity index (χ1n) is 12.2. The lowest BCUT2D eigenvalue weighted by atomic mass is 10.0. The molecule has 0 saturated carbocycles. The average Bonchev–Trinajstić information content (AvgIpc) is 3.18. The monoisotopic (exact) mass is 590 g/mol. The predicted molar refractivity (Wildman–Crippen MR) is 149 cm³/mol. The topological polar surface area (TPSA) is 106 Å². The van der Waals surface area contributed by atoms with E-state index in [1.807, 2.05) is 54.4 Å². The number of fused-ring (bicyclic) bond motifs is 1. The maximum Gasteiger partial charge on any atom is 0.338 e. The number of anilines is 2. The number of aromatic nitrogens is 2. The summed E-state index contributed by atoms with van der Waals surface area (Å²) in [6.07, 6.45) is 1.57. The van der Waals surface area contributed by atoms with Crippen LogP contribution < -0.4 is 14.8 Å². The van der Waals surface area contributed by atoms with Crippen molar-refractivity contribution >= 4 is 33.5 Å². The molecule has 0 fully saturated rings. The van der Waals surface area contributed by atoms with Crippen molar-refractivity contribution in [2.45, 2.75) is 25.8 Å². The largest absolute Gasteiger partial charge is 0.495 e. The van der Waals surface area contributed by atoms with Crippen molar-refractivity contribution < 1.29 is 24.1 Å². The highest BCUT2D eigenvalue weighted by atomic mass is 79.9. The van der Waals surface area contributed by atoms with Gasteiger partial charge >= 0.3 is 5.97 Å². The van der Waals surface area contributed by atoms with Crippen LogP contribution in [0.1, 0.15) is 34.0 Å². The normalized spacial score (nSPS) is 16.4. The van der Waals surface area contributed by atoms with Gasteiger partial charge in [0.2, 0.25) is 11.8 Å². The molecule has 2 heterocycles. The van der Waals surface area contributed by atoms with Crippen molar-refractivity contribution in [3.8, 4) is 17.4 Å². The molecule has 9 nitrogen and oxygen atoms in total. The van der Waals surface area contributed by atoms with E-state index in [-0.39, 0.29) is 18.4 Å². The highest BCUT2D eigenvalue weighted by Gasteiger charge is 2.40. The van der Waals surface area contributed by atoms with E-state index in [9.17, 15) is 9.90 Å². The van der Waals surface area contributed by atoms with E-state index in [1.165, 1.54) is 7.11 Å². The highest BCUT2D eigenvalue weighted by Crippen LogP contribution is 2.43. The van der Waals surface area contributed by atoms with Crippen molar-refractivity contribution in [2.24, 2.45) is 0 Å². The molecule has 1 unspecified atom stereocenters. The number of esters is 1. The highest BCUT2D eigenvalue weighted by molar-refractivity contribution is 9.10. The second kappa shape index (κ2) is 11.0. The minimum absolute atomic E-state index is 0.174. The number of carbonyl (C=O) groups excluding carboxylic acids is 1. The summed E-state index contributed by atoms with van der Waals surface area (Å²) in [5.41, 5.74) is 2.31. The zero-order chi connectivity index (χ0) is 27.6. The maximum atomic E-state index is 12.6. The van der Waals surface area contributed by atoms with Gasteiger partial charge in [-0.15, -0.1) is 0 Å². The molecule has 1 aliphatic heterocycles. The number of nitrogens with one attached hydrogen (secondary N) is 1. The van der Waals surface area contributed by atoms with Gasteiger partial charge in [0.15, 0.2) is 0 Å². The van der Waals surface area contributed by atoms with Gasteiger partial charge in [0.1, 0.15) is 23.8 Å². The van der Waals surface area contributed by atoms with Crippen LogP contribution in [-0.2, 0) is 23.6 Å². The van der Waals surface area contributed by atoms with Gasteiger partial charge in [0.05, 0.1) is 29.0 Å². The molecule has 10 heteroatoms. The minimum Gasteiger partial charge on any atom is -0.495 e. The second-order valence-electron chi connectivity index (χ2n) is 9.22. The lowest BCUT2D eigenvalue weighted by Crippen LogP contribution is -2.34. The van der Waals surface area contributed by atoms with Crippen LogP contribution >= 0.6 is 15.9 Å². The van der Waals surface area contributed by atoms with Crippen LogP contribution in [0.25, 0.3) is 0 Å². The molecule has 0 amide bonds. The van der Waals surface area contributed by atoms with Crippen LogP contribution in [0.15, 0.2) is 77.4 Å². The summed E-state index contributed by atoms with van der Waals surface area (Å²) in [5, 5.41) is 14.2. The first-order chi connectivity index (χ1) is 18.8. The molecule has 1 aromatic heterocycles. The third-order valence-electron chi connectivity index (χ3n) is 6.55. The number of ether oxygens (including phenoxy) is 3. The number of benzene rings is 3. The lowest BCUT2D eigenvalue weighted by molar-refractivity contribution is -0.0758. The van der Waals surface area contributed by atoms with Crippen LogP contribution in [0.2, 0.25) is 0 Å². The standard InChI is InChI=1S/C29H27BrN4O5/c1-29(36)25-20(16-34(29)2)10-7-11-23(25)39-26-21(30)15-31-28(33-26)32-22-13-12-19(14-24(22)37-3)27(35)38-17-18-8-5-4-6-9-18/h4-15,36H,16-17H2,1-3H3,(H,31,32,33). The van der Waals surface area contributed by atoms with Gasteiger partial charge in [0.25, 0.3) is 0 Å². The number of hydrogen-bond acceptors (Lipinski definition) is 9. The molecule has 1 aliphatic rings. The van der Waals surface area contributed by atoms with Crippen LogP contribution in [-0.4, -0.2) is 40.1 Å². The van der Waals surface area contributed by atoms with E-state index in [0.717, 1.165) is 11.1 Å². The van der Waals surface area contributed by atoms with Crippen LogP contribution in [0, 0.1) is 0 Å². The fraction of sp³-hybridized carbons (Fsp3) is 0.207. The Bertz CT molecular complexity index is 1510. The third kappa shape index (κ3) is 5.58. The van der Waals surface area contributed by atoms with Crippen molar-refractivity contribution in [3.63, 3.8) is 0 Å². The van der Waals surface area contributed by atoms with Gasteiger partial charge in [-0.05, 0) is 65.3 Å². The Morgan fingerprint density at radius 1 is 1.13 bits per heavy atom. The van der Waals surface area contributed by atoms with Gasteiger partial charge in [0, 0.05) is 12.1 Å². The van der Waals surface area contributed by atoms with E-state index in [4.69, 9.17) is 14.2 Å². The Balaban J connectivity index is 1.34. The Morgan fingerprint density at radius 2 is 1.92 bits per heavy atom. The molecule has 2 N–H and O–H groups in total. The summed E-state index contributed by atoms with van der Waals surface area (Å²) in [5.74, 6) is 0.978. The zero-order valence-corrected chi connectivity index (χ0v) is 23.2. The predicted octanol–water partition coefficient (Wildman–Crippen LogP) is 5.75. The molecule has 3 aromatic carbocycles. The molecule has 4 aromatic rings. The third-order valence-corrected chi connectivity index (χ3v) is 7.10. The zero-order valence-electron chi connectivity index (χ0n) is 21.6. The van der Waals surface area contributed by atoms with E-state index < -0.39 is 11.7 Å². The smallest absolute Gasteiger partial charge is 0.338 e. The second-order valence-corrected chi connectivity index (χ2v) is 10.1. The van der Waals surface area contributed by atoms with Gasteiger partial charge < -0.3 is 24.6 Å². The summed E-state index contributed by atoms with van der Waals surface area (Å²) < 4.78 is 17.6. The number of aliphatic hydroxyl groups is 1. The Morgan fingerprint density at radius 3 is 2.69 bits per heavy atom. The fourth-order valence-corrected chi connectivity index (χ4v) is 4.64. The van der Waals surface area contributed by atoms with Crippen LogP contribution in [0.4, 0.5) is 11.6 Å². The van der Waals surface area contributed by atoms with Crippen molar-refractivity contribution in [1.29, 1.82) is 0 Å². The van der Waals surface area contributed by atoms with Gasteiger partial charge in [-0.3, -0.25) is 4.90 Å². The number of rotatable bonds is 8.